The van der Waals surface area contributed by atoms with Crippen molar-refractivity contribution in [3.05, 3.63) is 30.2 Å². The monoisotopic (exact) mass is 386 g/mol. The fourth-order valence-corrected chi connectivity index (χ4v) is 4.10. The third-order valence-corrected chi connectivity index (χ3v) is 5.52. The fourth-order valence-electron chi connectivity index (χ4n) is 3.32. The summed E-state index contributed by atoms with van der Waals surface area (Å²) in [4.78, 5) is 4.51. The number of thioether (sulfide) groups is 1. The second-order valence-corrected chi connectivity index (χ2v) is 7.37. The van der Waals surface area contributed by atoms with Crippen LogP contribution in [0.15, 0.2) is 33.9 Å². The van der Waals surface area contributed by atoms with Crippen molar-refractivity contribution < 1.29 is 9.26 Å². The summed E-state index contributed by atoms with van der Waals surface area (Å²) in [6, 6.07) is 8.09. The van der Waals surface area contributed by atoms with Crippen LogP contribution in [-0.2, 0) is 5.75 Å². The predicted octanol–water partition coefficient (Wildman–Crippen LogP) is 3.92. The van der Waals surface area contributed by atoms with Gasteiger partial charge in [0.25, 0.3) is 0 Å². The summed E-state index contributed by atoms with van der Waals surface area (Å²) in [6.45, 7) is 2.53. The van der Waals surface area contributed by atoms with Crippen LogP contribution in [0.1, 0.15) is 51.0 Å². The van der Waals surface area contributed by atoms with E-state index in [0.717, 1.165) is 29.3 Å². The highest BCUT2D eigenvalue weighted by Gasteiger charge is 2.21. The second-order valence-electron chi connectivity index (χ2n) is 6.43. The SMILES string of the molecule is CCOc1ccccc1-c1noc(CSc2nnnn2C2CCCCC2)n1. The lowest BCUT2D eigenvalue weighted by molar-refractivity contribution is 0.307. The Bertz CT molecular complexity index is 874. The smallest absolute Gasteiger partial charge is 0.237 e. The number of nitrogens with zero attached hydrogens (tertiary/aromatic N) is 6. The van der Waals surface area contributed by atoms with Crippen LogP contribution >= 0.6 is 11.8 Å². The van der Waals surface area contributed by atoms with Crippen molar-refractivity contribution in [3.63, 3.8) is 0 Å². The molecule has 1 fully saturated rings. The fraction of sp³-hybridized carbons (Fsp3) is 0.500. The highest BCUT2D eigenvalue weighted by Crippen LogP contribution is 2.32. The van der Waals surface area contributed by atoms with E-state index in [1.807, 2.05) is 35.9 Å². The molecule has 0 saturated heterocycles. The van der Waals surface area contributed by atoms with E-state index in [0.29, 0.717) is 30.1 Å². The normalized spacial score (nSPS) is 15.1. The summed E-state index contributed by atoms with van der Waals surface area (Å²) < 4.78 is 13.0. The summed E-state index contributed by atoms with van der Waals surface area (Å²) in [6.07, 6.45) is 6.05. The third kappa shape index (κ3) is 4.13. The molecular weight excluding hydrogens is 364 g/mol. The molecule has 1 aliphatic carbocycles. The maximum absolute atomic E-state index is 5.65. The topological polar surface area (TPSA) is 91.8 Å². The first-order chi connectivity index (χ1) is 13.3. The molecule has 0 atom stereocenters. The molecule has 0 unspecified atom stereocenters. The first-order valence-corrected chi connectivity index (χ1v) is 10.3. The van der Waals surface area contributed by atoms with Crippen molar-refractivity contribution in [1.29, 1.82) is 0 Å². The highest BCUT2D eigenvalue weighted by molar-refractivity contribution is 7.98. The number of aromatic nitrogens is 6. The number of benzene rings is 1. The summed E-state index contributed by atoms with van der Waals surface area (Å²) in [5.74, 6) is 2.35. The molecule has 0 amide bonds. The van der Waals surface area contributed by atoms with E-state index < -0.39 is 0 Å². The number of para-hydroxylation sites is 1. The second kappa shape index (κ2) is 8.51. The molecule has 1 aliphatic rings. The molecule has 1 saturated carbocycles. The molecule has 0 bridgehead atoms. The van der Waals surface area contributed by atoms with E-state index in [1.165, 1.54) is 31.0 Å². The molecule has 0 aliphatic heterocycles. The largest absolute Gasteiger partial charge is 0.493 e. The van der Waals surface area contributed by atoms with Gasteiger partial charge in [0.15, 0.2) is 0 Å². The van der Waals surface area contributed by atoms with Crippen molar-refractivity contribution in [3.8, 4) is 17.1 Å². The molecule has 9 heteroatoms. The Hall–Kier alpha value is -2.42. The van der Waals surface area contributed by atoms with E-state index in [4.69, 9.17) is 9.26 Å². The molecule has 142 valence electrons. The van der Waals surface area contributed by atoms with E-state index in [9.17, 15) is 0 Å². The number of hydrogen-bond acceptors (Lipinski definition) is 8. The van der Waals surface area contributed by atoms with E-state index in [1.54, 1.807) is 0 Å². The number of hydrogen-bond donors (Lipinski definition) is 0. The lowest BCUT2D eigenvalue weighted by atomic mass is 9.96. The molecule has 1 aromatic carbocycles. The molecule has 27 heavy (non-hydrogen) atoms. The Morgan fingerprint density at radius 2 is 2.07 bits per heavy atom. The Labute approximate surface area is 161 Å². The van der Waals surface area contributed by atoms with Gasteiger partial charge in [-0.3, -0.25) is 0 Å². The van der Waals surface area contributed by atoms with Crippen LogP contribution in [0.25, 0.3) is 11.4 Å². The molecule has 3 aromatic rings. The first-order valence-electron chi connectivity index (χ1n) is 9.30. The van der Waals surface area contributed by atoms with Crippen LogP contribution in [0.5, 0.6) is 5.75 Å². The zero-order valence-electron chi connectivity index (χ0n) is 15.2. The average molecular weight is 386 g/mol. The van der Waals surface area contributed by atoms with Gasteiger partial charge in [-0.2, -0.15) is 4.98 Å². The predicted molar refractivity (Wildman–Crippen MR) is 100 cm³/mol. The molecule has 0 N–H and O–H groups in total. The molecular formula is C18H22N6O2S. The van der Waals surface area contributed by atoms with Gasteiger partial charge < -0.3 is 9.26 Å². The number of rotatable bonds is 7. The maximum atomic E-state index is 5.65. The van der Waals surface area contributed by atoms with Gasteiger partial charge in [0.1, 0.15) is 5.75 Å². The van der Waals surface area contributed by atoms with E-state index >= 15 is 0 Å². The van der Waals surface area contributed by atoms with Crippen LogP contribution in [0, 0.1) is 0 Å². The molecule has 4 rings (SSSR count). The van der Waals surface area contributed by atoms with Gasteiger partial charge in [-0.15, -0.1) is 5.10 Å². The minimum Gasteiger partial charge on any atom is -0.493 e. The Morgan fingerprint density at radius 1 is 1.22 bits per heavy atom. The van der Waals surface area contributed by atoms with Crippen LogP contribution < -0.4 is 4.74 Å². The van der Waals surface area contributed by atoms with Gasteiger partial charge >= 0.3 is 0 Å². The summed E-state index contributed by atoms with van der Waals surface area (Å²) in [7, 11) is 0. The van der Waals surface area contributed by atoms with Crippen molar-refractivity contribution in [1.82, 2.24) is 30.3 Å². The van der Waals surface area contributed by atoms with Crippen molar-refractivity contribution in [2.75, 3.05) is 6.61 Å². The summed E-state index contributed by atoms with van der Waals surface area (Å²) in [5.41, 5.74) is 0.825. The van der Waals surface area contributed by atoms with Gasteiger partial charge in [0.2, 0.25) is 16.9 Å². The zero-order chi connectivity index (χ0) is 18.5. The minimum absolute atomic E-state index is 0.396. The third-order valence-electron chi connectivity index (χ3n) is 4.60. The number of ether oxygens (including phenoxy) is 1. The van der Waals surface area contributed by atoms with Gasteiger partial charge in [-0.25, -0.2) is 4.68 Å². The van der Waals surface area contributed by atoms with Gasteiger partial charge in [-0.05, 0) is 42.3 Å². The maximum Gasteiger partial charge on any atom is 0.237 e. The van der Waals surface area contributed by atoms with Crippen LogP contribution in [0.3, 0.4) is 0 Å². The van der Waals surface area contributed by atoms with Crippen molar-refractivity contribution >= 4 is 11.8 Å². The molecule has 0 spiro atoms. The standard InChI is InChI=1S/C18H22N6O2S/c1-2-25-15-11-7-6-10-14(15)17-19-16(26-21-17)12-27-18-20-22-23-24(18)13-8-4-3-5-9-13/h6-7,10-11,13H,2-5,8-9,12H2,1H3. The summed E-state index contributed by atoms with van der Waals surface area (Å²) >= 11 is 1.52. The van der Waals surface area contributed by atoms with E-state index in [-0.39, 0.29) is 0 Å². The Kier molecular flexibility index (Phi) is 5.66. The molecule has 0 radical (unpaired) electrons. The highest BCUT2D eigenvalue weighted by atomic mass is 32.2. The van der Waals surface area contributed by atoms with Crippen LogP contribution in [-0.4, -0.2) is 37.0 Å². The minimum atomic E-state index is 0.396. The quantitative estimate of drug-likeness (QED) is 0.564. The zero-order valence-corrected chi connectivity index (χ0v) is 16.1. The van der Waals surface area contributed by atoms with Gasteiger partial charge in [0.05, 0.1) is 24.0 Å². The van der Waals surface area contributed by atoms with Gasteiger partial charge in [0, 0.05) is 0 Å². The molecule has 2 heterocycles. The lowest BCUT2D eigenvalue weighted by Crippen LogP contribution is -2.15. The Morgan fingerprint density at radius 3 is 2.93 bits per heavy atom. The van der Waals surface area contributed by atoms with Crippen LogP contribution in [0.4, 0.5) is 0 Å². The summed E-state index contributed by atoms with van der Waals surface area (Å²) in [5, 5.41) is 17.1. The number of tetrazole rings is 1. The van der Waals surface area contributed by atoms with Gasteiger partial charge in [-0.1, -0.05) is 48.3 Å². The molecule has 2 aromatic heterocycles. The van der Waals surface area contributed by atoms with Crippen LogP contribution in [0.2, 0.25) is 0 Å². The Balaban J connectivity index is 1.45. The average Bonchev–Trinajstić information content (AvgIpc) is 3.37. The van der Waals surface area contributed by atoms with E-state index in [2.05, 4.69) is 25.7 Å². The van der Waals surface area contributed by atoms with Crippen molar-refractivity contribution in [2.45, 2.75) is 56.0 Å². The van der Waals surface area contributed by atoms with Crippen molar-refractivity contribution in [2.24, 2.45) is 0 Å². The lowest BCUT2D eigenvalue weighted by Gasteiger charge is -2.21. The first kappa shape index (κ1) is 18.0. The molecule has 8 nitrogen and oxygen atoms in total.